The fraction of sp³-hybridized carbons (Fsp3) is 0.625. The van der Waals surface area contributed by atoms with Crippen LogP contribution in [0.15, 0.2) is 17.8 Å². The van der Waals surface area contributed by atoms with Crippen LogP contribution in [0, 0.1) is 0 Å². The highest BCUT2D eigenvalue weighted by Gasteiger charge is 1.99. The van der Waals surface area contributed by atoms with E-state index in [9.17, 15) is 0 Å². The molecule has 0 rings (SSSR count). The summed E-state index contributed by atoms with van der Waals surface area (Å²) in [7, 11) is 3.67. The molecule has 0 aromatic heterocycles. The Kier molecular flexibility index (Phi) is 6.32. The zero-order valence-electron chi connectivity index (χ0n) is 7.75. The maximum absolute atomic E-state index is 8.63. The molecule has 12 heavy (non-hydrogen) atoms. The molecule has 0 radical (unpaired) electrons. The van der Waals surface area contributed by atoms with E-state index in [0.717, 1.165) is 5.71 Å². The van der Waals surface area contributed by atoms with Crippen LogP contribution >= 0.6 is 0 Å². The van der Waals surface area contributed by atoms with Crippen LogP contribution in [0.25, 0.3) is 0 Å². The van der Waals surface area contributed by atoms with Crippen molar-refractivity contribution in [1.29, 1.82) is 0 Å². The van der Waals surface area contributed by atoms with Crippen LogP contribution in [0.5, 0.6) is 0 Å². The van der Waals surface area contributed by atoms with E-state index in [1.165, 1.54) is 0 Å². The van der Waals surface area contributed by atoms with Crippen molar-refractivity contribution < 1.29 is 5.11 Å². The second-order valence-corrected chi connectivity index (χ2v) is 2.49. The molecular weight excluding hydrogens is 154 g/mol. The van der Waals surface area contributed by atoms with Gasteiger partial charge in [0.1, 0.15) is 0 Å². The van der Waals surface area contributed by atoms with Gasteiger partial charge in [0.15, 0.2) is 0 Å². The summed E-state index contributed by atoms with van der Waals surface area (Å²) in [5, 5.41) is 12.6. The fourth-order valence-electron chi connectivity index (χ4n) is 0.815. The molecule has 0 saturated heterocycles. The van der Waals surface area contributed by atoms with E-state index in [2.05, 4.69) is 17.1 Å². The van der Waals surface area contributed by atoms with Gasteiger partial charge in [0, 0.05) is 20.1 Å². The number of hydrogen-bond donors (Lipinski definition) is 2. The Morgan fingerprint density at radius 2 is 2.42 bits per heavy atom. The van der Waals surface area contributed by atoms with Crippen molar-refractivity contribution in [2.45, 2.75) is 0 Å². The second-order valence-electron chi connectivity index (χ2n) is 2.49. The summed E-state index contributed by atoms with van der Waals surface area (Å²) >= 11 is 0. The highest BCUT2D eigenvalue weighted by Crippen LogP contribution is 1.85. The first-order chi connectivity index (χ1) is 5.74. The van der Waals surface area contributed by atoms with Crippen molar-refractivity contribution in [2.75, 3.05) is 33.8 Å². The largest absolute Gasteiger partial charge is 0.395 e. The topological polar surface area (TPSA) is 47.9 Å². The smallest absolute Gasteiger partial charge is 0.0737 e. The van der Waals surface area contributed by atoms with Gasteiger partial charge >= 0.3 is 0 Å². The number of nitrogens with zero attached hydrogens (tertiary/aromatic N) is 2. The third kappa shape index (κ3) is 4.87. The van der Waals surface area contributed by atoms with Crippen LogP contribution in [0.4, 0.5) is 0 Å². The first-order valence-electron chi connectivity index (χ1n) is 3.89. The predicted molar refractivity (Wildman–Crippen MR) is 51.3 cm³/mol. The minimum absolute atomic E-state index is 0.167. The molecule has 0 unspecified atom stereocenters. The maximum atomic E-state index is 8.63. The van der Waals surface area contributed by atoms with Gasteiger partial charge in [-0.3, -0.25) is 4.90 Å². The first-order valence-corrected chi connectivity index (χ1v) is 3.89. The molecule has 4 nitrogen and oxygen atoms in total. The quantitative estimate of drug-likeness (QED) is 0.425. The van der Waals surface area contributed by atoms with Crippen molar-refractivity contribution in [1.82, 2.24) is 10.3 Å². The van der Waals surface area contributed by atoms with Crippen molar-refractivity contribution in [3.8, 4) is 0 Å². The van der Waals surface area contributed by atoms with Crippen molar-refractivity contribution >= 4 is 5.71 Å². The van der Waals surface area contributed by atoms with E-state index in [1.54, 1.807) is 13.1 Å². The van der Waals surface area contributed by atoms with Crippen molar-refractivity contribution in [3.63, 3.8) is 0 Å². The molecule has 0 aliphatic carbocycles. The lowest BCUT2D eigenvalue weighted by Crippen LogP contribution is -2.28. The predicted octanol–water partition coefficient (Wildman–Crippen LogP) is -0.328. The van der Waals surface area contributed by atoms with E-state index in [4.69, 9.17) is 5.11 Å². The van der Waals surface area contributed by atoms with Crippen molar-refractivity contribution in [2.24, 2.45) is 5.10 Å². The third-order valence-electron chi connectivity index (χ3n) is 1.40. The molecule has 0 aliphatic rings. The van der Waals surface area contributed by atoms with Gasteiger partial charge in [-0.1, -0.05) is 6.58 Å². The molecule has 0 spiro atoms. The third-order valence-corrected chi connectivity index (χ3v) is 1.40. The zero-order valence-corrected chi connectivity index (χ0v) is 7.75. The molecule has 0 aromatic carbocycles. The summed E-state index contributed by atoms with van der Waals surface area (Å²) in [5.74, 6) is 0. The summed E-state index contributed by atoms with van der Waals surface area (Å²) in [6.45, 7) is 5.15. The molecule has 70 valence electrons. The molecule has 2 N–H and O–H groups in total. The lowest BCUT2D eigenvalue weighted by atomic mass is 10.3. The number of likely N-dealkylation sites (N-methyl/N-ethyl adjacent to an activating group) is 1. The van der Waals surface area contributed by atoms with Gasteiger partial charge in [-0.15, -0.1) is 0 Å². The van der Waals surface area contributed by atoms with Crippen LogP contribution in [-0.2, 0) is 0 Å². The van der Waals surface area contributed by atoms with Crippen LogP contribution < -0.4 is 5.43 Å². The van der Waals surface area contributed by atoms with E-state index < -0.39 is 0 Å². The molecule has 0 atom stereocenters. The average molecular weight is 171 g/mol. The number of hydrogen-bond acceptors (Lipinski definition) is 4. The van der Waals surface area contributed by atoms with E-state index in [1.807, 2.05) is 11.9 Å². The van der Waals surface area contributed by atoms with Gasteiger partial charge in [-0.2, -0.15) is 5.10 Å². The lowest BCUT2D eigenvalue weighted by Gasteiger charge is -2.14. The number of aliphatic hydroxyl groups excluding tert-OH is 1. The van der Waals surface area contributed by atoms with Crippen LogP contribution in [0.2, 0.25) is 0 Å². The van der Waals surface area contributed by atoms with Crippen LogP contribution in [0.3, 0.4) is 0 Å². The number of aliphatic hydroxyl groups is 1. The van der Waals surface area contributed by atoms with Gasteiger partial charge < -0.3 is 10.5 Å². The lowest BCUT2D eigenvalue weighted by molar-refractivity contribution is 0.235. The Bertz CT molecular complexity index is 156. The number of rotatable bonds is 6. The number of nitrogens with one attached hydrogen (secondary N) is 1. The average Bonchev–Trinajstić information content (AvgIpc) is 2.04. The van der Waals surface area contributed by atoms with Gasteiger partial charge in [-0.05, 0) is 13.1 Å². The first kappa shape index (κ1) is 11.1. The van der Waals surface area contributed by atoms with Gasteiger partial charge in [0.25, 0.3) is 0 Å². The maximum Gasteiger partial charge on any atom is 0.0737 e. The Morgan fingerprint density at radius 1 is 1.75 bits per heavy atom. The van der Waals surface area contributed by atoms with Gasteiger partial charge in [0.2, 0.25) is 0 Å². The summed E-state index contributed by atoms with van der Waals surface area (Å²) in [6.07, 6.45) is 1.70. The van der Waals surface area contributed by atoms with E-state index in [-0.39, 0.29) is 6.61 Å². The van der Waals surface area contributed by atoms with Crippen molar-refractivity contribution in [3.05, 3.63) is 12.7 Å². The molecule has 0 fully saturated rings. The zero-order chi connectivity index (χ0) is 9.40. The van der Waals surface area contributed by atoms with Crippen LogP contribution in [0.1, 0.15) is 0 Å². The number of hydrazone groups is 1. The van der Waals surface area contributed by atoms with Gasteiger partial charge in [-0.25, -0.2) is 0 Å². The molecule has 0 heterocycles. The Morgan fingerprint density at radius 3 is 2.83 bits per heavy atom. The summed E-state index contributed by atoms with van der Waals surface area (Å²) < 4.78 is 0. The molecular formula is C8H17N3O. The summed E-state index contributed by atoms with van der Waals surface area (Å²) in [4.78, 5) is 1.97. The summed E-state index contributed by atoms with van der Waals surface area (Å²) in [6, 6.07) is 0. The SMILES string of the molecule is C=C/C(CN(C)CCO)=N\NC. The Balaban J connectivity index is 3.85. The van der Waals surface area contributed by atoms with Gasteiger partial charge in [0.05, 0.1) is 12.3 Å². The molecule has 0 saturated carbocycles. The Labute approximate surface area is 73.6 Å². The van der Waals surface area contributed by atoms with E-state index in [0.29, 0.717) is 13.1 Å². The summed E-state index contributed by atoms with van der Waals surface area (Å²) in [5.41, 5.74) is 3.56. The molecule has 0 aliphatic heterocycles. The molecule has 4 heteroatoms. The molecule has 0 amide bonds. The highest BCUT2D eigenvalue weighted by molar-refractivity contribution is 5.95. The molecule has 0 aromatic rings. The normalized spacial score (nSPS) is 11.8. The fourth-order valence-corrected chi connectivity index (χ4v) is 0.815. The minimum Gasteiger partial charge on any atom is -0.395 e. The molecule has 0 bridgehead atoms. The minimum atomic E-state index is 0.167. The second kappa shape index (κ2) is 6.82. The standard InChI is InChI=1S/C8H17N3O/c1-4-8(10-9-2)7-11(3)5-6-12/h4,9,12H,1,5-7H2,2-3H3/b10-8+. The van der Waals surface area contributed by atoms with E-state index >= 15 is 0 Å². The monoisotopic (exact) mass is 171 g/mol. The van der Waals surface area contributed by atoms with Crippen LogP contribution in [-0.4, -0.2) is 49.5 Å². The highest BCUT2D eigenvalue weighted by atomic mass is 16.3. The Hall–Kier alpha value is -0.870.